The summed E-state index contributed by atoms with van der Waals surface area (Å²) in [5, 5.41) is 0. The van der Waals surface area contributed by atoms with Crippen LogP contribution < -0.4 is 10.3 Å². The molecule has 0 bridgehead atoms. The predicted molar refractivity (Wildman–Crippen MR) is 109 cm³/mol. The summed E-state index contributed by atoms with van der Waals surface area (Å²) in [4.78, 5) is 31.6. The molecular formula is C19H13N3O3S2. The zero-order valence-corrected chi connectivity index (χ0v) is 15.8. The van der Waals surface area contributed by atoms with E-state index in [2.05, 4.69) is 4.98 Å². The summed E-state index contributed by atoms with van der Waals surface area (Å²) in [6.07, 6.45) is 3.12. The van der Waals surface area contributed by atoms with Gasteiger partial charge in [-0.15, -0.1) is 0 Å². The van der Waals surface area contributed by atoms with Gasteiger partial charge in [0.25, 0.3) is 11.5 Å². The quantitative estimate of drug-likeness (QED) is 0.501. The Hall–Kier alpha value is -2.97. The molecule has 3 heterocycles. The first kappa shape index (κ1) is 17.4. The van der Waals surface area contributed by atoms with Gasteiger partial charge in [-0.05, 0) is 30.3 Å². The Balaban J connectivity index is 1.91. The van der Waals surface area contributed by atoms with Crippen molar-refractivity contribution in [1.29, 1.82) is 0 Å². The van der Waals surface area contributed by atoms with Crippen LogP contribution in [0, 0.1) is 0 Å². The van der Waals surface area contributed by atoms with Gasteiger partial charge in [0.2, 0.25) is 5.88 Å². The first-order valence-electron chi connectivity index (χ1n) is 8.00. The van der Waals surface area contributed by atoms with Crippen molar-refractivity contribution < 1.29 is 9.53 Å². The first-order valence-corrected chi connectivity index (χ1v) is 9.23. The Labute approximate surface area is 164 Å². The molecule has 0 unspecified atom stereocenters. The summed E-state index contributed by atoms with van der Waals surface area (Å²) in [6.45, 7) is 0. The highest BCUT2D eigenvalue weighted by Crippen LogP contribution is 2.33. The predicted octanol–water partition coefficient (Wildman–Crippen LogP) is 3.32. The van der Waals surface area contributed by atoms with Gasteiger partial charge in [-0.25, -0.2) is 0 Å². The number of hydrogen-bond donors (Lipinski definition) is 0. The minimum absolute atomic E-state index is 0.138. The summed E-state index contributed by atoms with van der Waals surface area (Å²) in [7, 11) is 1.60. The van der Waals surface area contributed by atoms with E-state index in [1.54, 1.807) is 43.6 Å². The standard InChI is InChI=1S/C19H13N3O3S2/c1-21-18(24)14(27-19(21)26)11-13-16(25-12-7-3-2-4-8-12)20-15-9-5-6-10-22(15)17(13)23/h2-11H,1H3/b14-11+. The number of amides is 1. The number of benzene rings is 1. The fourth-order valence-corrected chi connectivity index (χ4v) is 3.72. The summed E-state index contributed by atoms with van der Waals surface area (Å²) < 4.78 is 7.71. The van der Waals surface area contributed by atoms with E-state index in [0.29, 0.717) is 20.6 Å². The Morgan fingerprint density at radius 1 is 1.11 bits per heavy atom. The Kier molecular flexibility index (Phi) is 4.51. The maximum Gasteiger partial charge on any atom is 0.269 e. The number of rotatable bonds is 3. The molecule has 0 aliphatic carbocycles. The van der Waals surface area contributed by atoms with Crippen LogP contribution in [-0.2, 0) is 4.79 Å². The van der Waals surface area contributed by atoms with Crippen molar-refractivity contribution in [2.24, 2.45) is 0 Å². The number of carbonyl (C=O) groups excluding carboxylic acids is 1. The van der Waals surface area contributed by atoms with Crippen LogP contribution in [0.1, 0.15) is 5.56 Å². The second-order valence-electron chi connectivity index (χ2n) is 5.72. The van der Waals surface area contributed by atoms with E-state index >= 15 is 0 Å². The lowest BCUT2D eigenvalue weighted by molar-refractivity contribution is -0.121. The molecule has 134 valence electrons. The topological polar surface area (TPSA) is 63.9 Å². The third-order valence-electron chi connectivity index (χ3n) is 3.95. The molecule has 0 radical (unpaired) electrons. The molecule has 1 saturated heterocycles. The number of hydrogen-bond acceptors (Lipinski definition) is 6. The van der Waals surface area contributed by atoms with Crippen molar-refractivity contribution in [3.63, 3.8) is 0 Å². The van der Waals surface area contributed by atoms with E-state index in [0.717, 1.165) is 11.8 Å². The maximum atomic E-state index is 13.0. The van der Waals surface area contributed by atoms with Gasteiger partial charge in [0.15, 0.2) is 0 Å². The third kappa shape index (κ3) is 3.24. The largest absolute Gasteiger partial charge is 0.438 e. The first-order chi connectivity index (χ1) is 13.0. The molecule has 1 fully saturated rings. The molecule has 1 amide bonds. The number of ether oxygens (including phenoxy) is 1. The van der Waals surface area contributed by atoms with Crippen LogP contribution in [0.3, 0.4) is 0 Å². The van der Waals surface area contributed by atoms with Crippen LogP contribution in [0.5, 0.6) is 11.6 Å². The van der Waals surface area contributed by atoms with E-state index < -0.39 is 0 Å². The summed E-state index contributed by atoms with van der Waals surface area (Å²) >= 11 is 6.30. The lowest BCUT2D eigenvalue weighted by Crippen LogP contribution is -2.22. The molecule has 1 aromatic carbocycles. The molecular weight excluding hydrogens is 382 g/mol. The third-order valence-corrected chi connectivity index (χ3v) is 5.44. The highest BCUT2D eigenvalue weighted by molar-refractivity contribution is 8.26. The number of thiocarbonyl (C=S) groups is 1. The number of fused-ring (bicyclic) bond motifs is 1. The molecule has 0 saturated carbocycles. The van der Waals surface area contributed by atoms with Crippen molar-refractivity contribution in [3.8, 4) is 11.6 Å². The normalized spacial score (nSPS) is 15.7. The van der Waals surface area contributed by atoms with Crippen molar-refractivity contribution in [2.75, 3.05) is 7.05 Å². The zero-order valence-electron chi connectivity index (χ0n) is 14.2. The van der Waals surface area contributed by atoms with E-state index in [1.807, 2.05) is 18.2 Å². The second kappa shape index (κ2) is 6.98. The fraction of sp³-hybridized carbons (Fsp3) is 0.0526. The maximum absolute atomic E-state index is 13.0. The number of carbonyl (C=O) groups is 1. The molecule has 27 heavy (non-hydrogen) atoms. The minimum atomic E-state index is -0.326. The molecule has 0 spiro atoms. The molecule has 2 aromatic heterocycles. The summed E-state index contributed by atoms with van der Waals surface area (Å²) in [5.74, 6) is 0.425. The van der Waals surface area contributed by atoms with Crippen molar-refractivity contribution in [2.45, 2.75) is 0 Å². The van der Waals surface area contributed by atoms with Gasteiger partial charge in [-0.1, -0.05) is 48.2 Å². The smallest absolute Gasteiger partial charge is 0.269 e. The Bertz CT molecular complexity index is 1160. The number of para-hydroxylation sites is 1. The molecule has 4 rings (SSSR count). The molecule has 8 heteroatoms. The van der Waals surface area contributed by atoms with Crippen molar-refractivity contribution in [3.05, 3.63) is 75.6 Å². The Morgan fingerprint density at radius 2 is 1.85 bits per heavy atom. The van der Waals surface area contributed by atoms with E-state index in [1.165, 1.54) is 15.4 Å². The molecule has 1 aliphatic rings. The van der Waals surface area contributed by atoms with E-state index in [9.17, 15) is 9.59 Å². The van der Waals surface area contributed by atoms with Gasteiger partial charge in [0.05, 0.1) is 4.91 Å². The Morgan fingerprint density at radius 3 is 2.56 bits per heavy atom. The van der Waals surface area contributed by atoms with Gasteiger partial charge in [-0.2, -0.15) is 4.98 Å². The number of nitrogens with zero attached hydrogens (tertiary/aromatic N) is 3. The fourth-order valence-electron chi connectivity index (χ4n) is 2.56. The van der Waals surface area contributed by atoms with Crippen LogP contribution in [0.25, 0.3) is 11.7 Å². The van der Waals surface area contributed by atoms with Crippen LogP contribution in [0.4, 0.5) is 0 Å². The highest BCUT2D eigenvalue weighted by atomic mass is 32.2. The van der Waals surface area contributed by atoms with Crippen LogP contribution in [0.2, 0.25) is 0 Å². The SMILES string of the molecule is CN1C(=O)/C(=C\c2c(Oc3ccccc3)nc3ccccn3c2=O)SC1=S. The van der Waals surface area contributed by atoms with Gasteiger partial charge in [0.1, 0.15) is 21.3 Å². The van der Waals surface area contributed by atoms with Crippen LogP contribution in [0.15, 0.2) is 64.4 Å². The number of pyridine rings is 1. The van der Waals surface area contributed by atoms with E-state index in [4.69, 9.17) is 17.0 Å². The zero-order chi connectivity index (χ0) is 19.0. The molecule has 1 aliphatic heterocycles. The average molecular weight is 395 g/mol. The lowest BCUT2D eigenvalue weighted by Gasteiger charge is -2.10. The molecule has 6 nitrogen and oxygen atoms in total. The van der Waals surface area contributed by atoms with E-state index in [-0.39, 0.29) is 22.9 Å². The van der Waals surface area contributed by atoms with Crippen molar-refractivity contribution in [1.82, 2.24) is 14.3 Å². The lowest BCUT2D eigenvalue weighted by atomic mass is 10.2. The summed E-state index contributed by atoms with van der Waals surface area (Å²) in [5.41, 5.74) is 0.318. The highest BCUT2D eigenvalue weighted by Gasteiger charge is 2.29. The van der Waals surface area contributed by atoms with Crippen LogP contribution >= 0.6 is 24.0 Å². The minimum Gasteiger partial charge on any atom is -0.438 e. The van der Waals surface area contributed by atoms with Crippen molar-refractivity contribution >= 4 is 45.9 Å². The average Bonchev–Trinajstić information content (AvgIpc) is 2.92. The van der Waals surface area contributed by atoms with Crippen LogP contribution in [-0.4, -0.2) is 31.6 Å². The van der Waals surface area contributed by atoms with Gasteiger partial charge >= 0.3 is 0 Å². The number of likely N-dealkylation sites (N-methyl/N-ethyl adjacent to an activating group) is 1. The van der Waals surface area contributed by atoms with Gasteiger partial charge in [-0.3, -0.25) is 18.9 Å². The summed E-state index contributed by atoms with van der Waals surface area (Å²) in [6, 6.07) is 14.3. The van der Waals surface area contributed by atoms with Gasteiger partial charge in [0, 0.05) is 13.2 Å². The molecule has 0 N–H and O–H groups in total. The monoisotopic (exact) mass is 395 g/mol. The second-order valence-corrected chi connectivity index (χ2v) is 7.40. The molecule has 0 atom stereocenters. The molecule has 3 aromatic rings. The van der Waals surface area contributed by atoms with Gasteiger partial charge < -0.3 is 4.74 Å². The number of thioether (sulfide) groups is 1. The number of aromatic nitrogens is 2.